The Morgan fingerprint density at radius 2 is 1.85 bits per heavy atom. The largest absolute Gasteiger partial charge is 0.466 e. The first-order valence-electron chi connectivity index (χ1n) is 8.30. The van der Waals surface area contributed by atoms with Crippen molar-refractivity contribution in [3.8, 4) is 0 Å². The van der Waals surface area contributed by atoms with Crippen LogP contribution in [0.2, 0.25) is 0 Å². The molecule has 8 heteroatoms. The lowest BCUT2D eigenvalue weighted by Crippen LogP contribution is -2.51. The third kappa shape index (κ3) is 3.96. The second kappa shape index (κ2) is 7.74. The Balaban J connectivity index is 1.47. The van der Waals surface area contributed by atoms with Gasteiger partial charge < -0.3 is 19.0 Å². The summed E-state index contributed by atoms with van der Waals surface area (Å²) in [7, 11) is 0. The summed E-state index contributed by atoms with van der Waals surface area (Å²) in [4.78, 5) is 40.6. The maximum absolute atomic E-state index is 12.3. The Bertz CT molecular complexity index is 804. The molecule has 3 rings (SSSR count). The predicted molar refractivity (Wildman–Crippen MR) is 95.3 cm³/mol. The highest BCUT2D eigenvalue weighted by Gasteiger charge is 2.26. The summed E-state index contributed by atoms with van der Waals surface area (Å²) in [6.45, 7) is 4.89. The fraction of sp³-hybridized carbons (Fsp3) is 0.389. The van der Waals surface area contributed by atoms with Crippen LogP contribution in [0, 0.1) is 13.8 Å². The van der Waals surface area contributed by atoms with Crippen molar-refractivity contribution in [1.29, 1.82) is 0 Å². The molecule has 0 unspecified atom stereocenters. The van der Waals surface area contributed by atoms with Crippen molar-refractivity contribution < 1.29 is 23.5 Å². The highest BCUT2D eigenvalue weighted by atomic mass is 32.1. The summed E-state index contributed by atoms with van der Waals surface area (Å²) >= 11 is 1.41. The topological polar surface area (TPSA) is 80.1 Å². The number of amides is 2. The number of esters is 1. The number of hydrogen-bond acceptors (Lipinski definition) is 6. The van der Waals surface area contributed by atoms with Crippen LogP contribution >= 0.6 is 11.3 Å². The minimum absolute atomic E-state index is 0.00988. The Hall–Kier alpha value is -2.61. The normalized spacial score (nSPS) is 14.4. The van der Waals surface area contributed by atoms with E-state index in [4.69, 9.17) is 9.15 Å². The summed E-state index contributed by atoms with van der Waals surface area (Å²) in [5.41, 5.74) is 0.335. The van der Waals surface area contributed by atoms with Crippen molar-refractivity contribution in [1.82, 2.24) is 9.80 Å². The van der Waals surface area contributed by atoms with Crippen LogP contribution in [0.25, 0.3) is 0 Å². The van der Waals surface area contributed by atoms with Crippen molar-refractivity contribution in [3.05, 3.63) is 45.5 Å². The molecule has 3 heterocycles. The molecule has 1 aliphatic heterocycles. The van der Waals surface area contributed by atoms with E-state index in [-0.39, 0.29) is 18.4 Å². The van der Waals surface area contributed by atoms with Gasteiger partial charge in [0.15, 0.2) is 6.61 Å². The number of piperazine rings is 1. The van der Waals surface area contributed by atoms with Crippen LogP contribution < -0.4 is 0 Å². The molecular weight excluding hydrogens is 356 g/mol. The number of carbonyl (C=O) groups excluding carboxylic acids is 3. The van der Waals surface area contributed by atoms with Crippen LogP contribution in [0.1, 0.15) is 31.6 Å². The zero-order valence-electron chi connectivity index (χ0n) is 14.7. The lowest BCUT2D eigenvalue weighted by Gasteiger charge is -2.34. The minimum atomic E-state index is -0.570. The number of thiophene rings is 1. The van der Waals surface area contributed by atoms with Gasteiger partial charge in [0.2, 0.25) is 0 Å². The fourth-order valence-electron chi connectivity index (χ4n) is 2.84. The Morgan fingerprint density at radius 3 is 2.42 bits per heavy atom. The van der Waals surface area contributed by atoms with Crippen LogP contribution in [0.5, 0.6) is 0 Å². The molecule has 0 atom stereocenters. The zero-order valence-corrected chi connectivity index (χ0v) is 15.5. The van der Waals surface area contributed by atoms with Crippen LogP contribution in [0.3, 0.4) is 0 Å². The van der Waals surface area contributed by atoms with Gasteiger partial charge in [0, 0.05) is 26.2 Å². The number of ether oxygens (including phenoxy) is 1. The van der Waals surface area contributed by atoms with Crippen molar-refractivity contribution in [2.45, 2.75) is 13.8 Å². The lowest BCUT2D eigenvalue weighted by atomic mass is 10.2. The zero-order chi connectivity index (χ0) is 18.7. The first-order valence-corrected chi connectivity index (χ1v) is 9.18. The molecule has 0 radical (unpaired) electrons. The van der Waals surface area contributed by atoms with Gasteiger partial charge in [-0.25, -0.2) is 4.79 Å². The van der Waals surface area contributed by atoms with E-state index in [2.05, 4.69) is 0 Å². The first kappa shape index (κ1) is 18.2. The molecule has 1 saturated heterocycles. The monoisotopic (exact) mass is 376 g/mol. The number of nitrogens with zero attached hydrogens (tertiary/aromatic N) is 2. The van der Waals surface area contributed by atoms with Gasteiger partial charge >= 0.3 is 5.97 Å². The van der Waals surface area contributed by atoms with Gasteiger partial charge in [-0.05, 0) is 31.4 Å². The molecule has 7 nitrogen and oxygen atoms in total. The molecule has 2 aromatic heterocycles. The van der Waals surface area contributed by atoms with Gasteiger partial charge in [0.25, 0.3) is 11.8 Å². The summed E-state index contributed by atoms with van der Waals surface area (Å²) < 4.78 is 10.4. The van der Waals surface area contributed by atoms with Gasteiger partial charge in [-0.15, -0.1) is 11.3 Å². The van der Waals surface area contributed by atoms with Crippen molar-refractivity contribution in [2.75, 3.05) is 32.8 Å². The standard InChI is InChI=1S/C18H20N2O5S/c1-12-10-14(13(2)25-12)18(23)24-11-16(21)19-5-7-20(8-6-19)17(22)15-4-3-9-26-15/h3-4,9-10H,5-8,11H2,1-2H3. The van der Waals surface area contributed by atoms with E-state index in [9.17, 15) is 14.4 Å². The fourth-order valence-corrected chi connectivity index (χ4v) is 3.54. The molecule has 0 spiro atoms. The molecule has 26 heavy (non-hydrogen) atoms. The Labute approximate surface area is 155 Å². The highest BCUT2D eigenvalue weighted by molar-refractivity contribution is 7.12. The molecule has 2 aromatic rings. The molecule has 0 saturated carbocycles. The molecular formula is C18H20N2O5S. The third-order valence-corrected chi connectivity index (χ3v) is 5.10. The van der Waals surface area contributed by atoms with Crippen molar-refractivity contribution in [3.63, 3.8) is 0 Å². The van der Waals surface area contributed by atoms with E-state index in [0.29, 0.717) is 48.1 Å². The lowest BCUT2D eigenvalue weighted by molar-refractivity contribution is -0.136. The summed E-state index contributed by atoms with van der Waals surface area (Å²) in [5, 5.41) is 1.87. The number of aryl methyl sites for hydroxylation is 2. The molecule has 1 fully saturated rings. The first-order chi connectivity index (χ1) is 12.5. The van der Waals surface area contributed by atoms with Gasteiger partial charge in [-0.1, -0.05) is 6.07 Å². The molecule has 0 N–H and O–H groups in total. The van der Waals surface area contributed by atoms with Crippen LogP contribution in [0.15, 0.2) is 28.0 Å². The molecule has 0 aromatic carbocycles. The van der Waals surface area contributed by atoms with E-state index in [0.717, 1.165) is 0 Å². The summed E-state index contributed by atoms with van der Waals surface area (Å²) in [5.74, 6) is 0.246. The quantitative estimate of drug-likeness (QED) is 0.764. The maximum Gasteiger partial charge on any atom is 0.342 e. The van der Waals surface area contributed by atoms with E-state index >= 15 is 0 Å². The molecule has 0 aliphatic carbocycles. The molecule has 2 amide bonds. The SMILES string of the molecule is Cc1cc(C(=O)OCC(=O)N2CCN(C(=O)c3cccs3)CC2)c(C)o1. The van der Waals surface area contributed by atoms with Gasteiger partial charge in [-0.2, -0.15) is 0 Å². The van der Waals surface area contributed by atoms with E-state index in [1.165, 1.54) is 11.3 Å². The summed E-state index contributed by atoms with van der Waals surface area (Å²) in [6.07, 6.45) is 0. The third-order valence-electron chi connectivity index (χ3n) is 4.24. The average molecular weight is 376 g/mol. The molecule has 0 bridgehead atoms. The van der Waals surface area contributed by atoms with E-state index < -0.39 is 5.97 Å². The average Bonchev–Trinajstić information content (AvgIpc) is 3.28. The maximum atomic E-state index is 12.3. The number of furan rings is 1. The van der Waals surface area contributed by atoms with Crippen LogP contribution in [-0.2, 0) is 9.53 Å². The molecule has 138 valence electrons. The van der Waals surface area contributed by atoms with Crippen molar-refractivity contribution in [2.24, 2.45) is 0 Å². The van der Waals surface area contributed by atoms with Gasteiger partial charge in [0.1, 0.15) is 17.1 Å². The number of rotatable bonds is 4. The molecule has 1 aliphatic rings. The smallest absolute Gasteiger partial charge is 0.342 e. The summed E-state index contributed by atoms with van der Waals surface area (Å²) in [6, 6.07) is 5.23. The van der Waals surface area contributed by atoms with Gasteiger partial charge in [-0.3, -0.25) is 9.59 Å². The second-order valence-electron chi connectivity index (χ2n) is 6.05. The van der Waals surface area contributed by atoms with Gasteiger partial charge in [0.05, 0.1) is 4.88 Å². The van der Waals surface area contributed by atoms with Crippen molar-refractivity contribution >= 4 is 29.1 Å². The minimum Gasteiger partial charge on any atom is -0.466 e. The second-order valence-corrected chi connectivity index (χ2v) is 7.00. The van der Waals surface area contributed by atoms with Crippen LogP contribution in [0.4, 0.5) is 0 Å². The Morgan fingerprint density at radius 1 is 1.15 bits per heavy atom. The van der Waals surface area contributed by atoms with E-state index in [1.807, 2.05) is 11.4 Å². The highest BCUT2D eigenvalue weighted by Crippen LogP contribution is 2.16. The van der Waals surface area contributed by atoms with Crippen LogP contribution in [-0.4, -0.2) is 60.4 Å². The number of hydrogen-bond donors (Lipinski definition) is 0. The predicted octanol–water partition coefficient (Wildman–Crippen LogP) is 2.10. The van der Waals surface area contributed by atoms with E-state index in [1.54, 1.807) is 35.8 Å². The Kier molecular flexibility index (Phi) is 5.41. The number of carbonyl (C=O) groups is 3.